The third-order valence-electron chi connectivity index (χ3n) is 3.01. The molecule has 0 atom stereocenters. The van der Waals surface area contributed by atoms with Gasteiger partial charge in [-0.1, -0.05) is 12.1 Å². The highest BCUT2D eigenvalue weighted by molar-refractivity contribution is 5.68. The maximum absolute atomic E-state index is 11.0. The molecule has 0 aliphatic rings. The Hall–Kier alpha value is -2.90. The van der Waals surface area contributed by atoms with Gasteiger partial charge in [0.05, 0.1) is 0 Å². The van der Waals surface area contributed by atoms with E-state index in [1.807, 2.05) is 0 Å². The molecule has 8 heteroatoms. The van der Waals surface area contributed by atoms with E-state index in [0.717, 1.165) is 9.46 Å². The molecule has 0 spiro atoms. The smallest absolute Gasteiger partial charge is 0.346 e. The van der Waals surface area contributed by atoms with Gasteiger partial charge in [-0.3, -0.25) is 20.0 Å². The predicted molar refractivity (Wildman–Crippen MR) is 69.6 cm³/mol. The highest BCUT2D eigenvalue weighted by Crippen LogP contribution is 2.11. The molecule has 1 aromatic heterocycles. The fourth-order valence-electron chi connectivity index (χ4n) is 1.99. The van der Waals surface area contributed by atoms with Crippen LogP contribution in [-0.2, 0) is 32.3 Å². The van der Waals surface area contributed by atoms with Crippen LogP contribution < -0.4 is 9.46 Å². The fraction of sp³-hybridized carbons (Fsp3) is 0.286. The normalized spacial score (nSPS) is 10.5. The topological polar surface area (TPSA) is 101 Å². The third kappa shape index (κ3) is 3.05. The molecular weight excluding hydrogens is 292 g/mol. The highest BCUT2D eigenvalue weighted by Gasteiger charge is 2.35. The van der Waals surface area contributed by atoms with Crippen LogP contribution in [0.2, 0.25) is 0 Å². The molecule has 0 fully saturated rings. The molecule has 1 heterocycles. The van der Waals surface area contributed by atoms with E-state index in [1.165, 1.54) is 13.8 Å². The van der Waals surface area contributed by atoms with Crippen LogP contribution in [0.4, 0.5) is 0 Å². The summed E-state index contributed by atoms with van der Waals surface area (Å²) < 4.78 is 11.3. The van der Waals surface area contributed by atoms with Gasteiger partial charge in [-0.2, -0.15) is 0 Å². The minimum atomic E-state index is -0.545. The van der Waals surface area contributed by atoms with E-state index in [4.69, 9.17) is 9.47 Å². The van der Waals surface area contributed by atoms with E-state index in [2.05, 4.69) is 0 Å². The quantitative estimate of drug-likeness (QED) is 0.469. The highest BCUT2D eigenvalue weighted by atomic mass is 16.5. The number of benzene rings is 1. The van der Waals surface area contributed by atoms with Gasteiger partial charge in [0.15, 0.2) is 13.2 Å². The Morgan fingerprint density at radius 1 is 0.909 bits per heavy atom. The van der Waals surface area contributed by atoms with Gasteiger partial charge >= 0.3 is 34.4 Å². The van der Waals surface area contributed by atoms with Gasteiger partial charge in [0.25, 0.3) is 0 Å². The number of fused-ring (bicyclic) bond motifs is 1. The van der Waals surface area contributed by atoms with Crippen LogP contribution in [0.25, 0.3) is 11.0 Å². The van der Waals surface area contributed by atoms with E-state index < -0.39 is 11.9 Å². The zero-order chi connectivity index (χ0) is 16.3. The Labute approximate surface area is 125 Å². The number of hydrogen-bond acceptors (Lipinski definition) is 6. The van der Waals surface area contributed by atoms with Crippen LogP contribution >= 0.6 is 0 Å². The molecule has 2 rings (SSSR count). The van der Waals surface area contributed by atoms with Gasteiger partial charge in [0.2, 0.25) is 0 Å². The van der Waals surface area contributed by atoms with Gasteiger partial charge in [0, 0.05) is 35.4 Å². The molecule has 2 N–H and O–H groups in total. The van der Waals surface area contributed by atoms with Crippen LogP contribution in [0, 0.1) is 0 Å². The van der Waals surface area contributed by atoms with Crippen molar-refractivity contribution in [3.63, 3.8) is 0 Å². The summed E-state index contributed by atoms with van der Waals surface area (Å²) in [5.41, 5.74) is 0.799. The maximum Gasteiger partial charge on any atom is 0.346 e. The SMILES string of the molecule is CC(=O)OCc1c(COC(C)=O)[n+](O)c2ccccc2[n+]1O. The molecule has 0 saturated carbocycles. The molecule has 8 nitrogen and oxygen atoms in total. The molecule has 0 amide bonds. The molecule has 0 unspecified atom stereocenters. The summed E-state index contributed by atoms with van der Waals surface area (Å²) in [7, 11) is 0. The first-order chi connectivity index (χ1) is 10.4. The molecule has 116 valence electrons. The Morgan fingerprint density at radius 2 is 1.27 bits per heavy atom. The van der Waals surface area contributed by atoms with E-state index in [0.29, 0.717) is 11.0 Å². The van der Waals surface area contributed by atoms with E-state index in [1.54, 1.807) is 24.3 Å². The second-order valence-corrected chi connectivity index (χ2v) is 4.57. The Bertz CT molecular complexity index is 681. The summed E-state index contributed by atoms with van der Waals surface area (Å²) in [5.74, 6) is -1.09. The van der Waals surface area contributed by atoms with Crippen molar-refractivity contribution in [1.29, 1.82) is 0 Å². The molecule has 1 aromatic carbocycles. The van der Waals surface area contributed by atoms with Crippen molar-refractivity contribution in [3.05, 3.63) is 35.7 Å². The molecule has 0 bridgehead atoms. The van der Waals surface area contributed by atoms with Crippen LogP contribution in [-0.4, -0.2) is 22.4 Å². The summed E-state index contributed by atoms with van der Waals surface area (Å²) in [5, 5.41) is 20.6. The van der Waals surface area contributed by atoms with Crippen molar-refractivity contribution < 1.29 is 38.9 Å². The van der Waals surface area contributed by atoms with Crippen molar-refractivity contribution in [1.82, 2.24) is 0 Å². The number of aromatic nitrogens is 2. The first-order valence-corrected chi connectivity index (χ1v) is 6.47. The number of ether oxygens (including phenoxy) is 2. The van der Waals surface area contributed by atoms with Gasteiger partial charge in [-0.05, 0) is 0 Å². The van der Waals surface area contributed by atoms with Crippen molar-refractivity contribution >= 4 is 23.0 Å². The summed E-state index contributed by atoms with van der Waals surface area (Å²) in [4.78, 5) is 22.0. The lowest BCUT2D eigenvalue weighted by Gasteiger charge is -2.04. The first kappa shape index (κ1) is 15.5. The molecule has 0 aliphatic carbocycles. The average Bonchev–Trinajstić information content (AvgIpc) is 2.48. The molecule has 0 radical (unpaired) electrons. The number of rotatable bonds is 4. The minimum absolute atomic E-state index is 0.0950. The van der Waals surface area contributed by atoms with E-state index >= 15 is 0 Å². The number of para-hydroxylation sites is 2. The molecule has 22 heavy (non-hydrogen) atoms. The van der Waals surface area contributed by atoms with E-state index in [-0.39, 0.29) is 24.6 Å². The summed E-state index contributed by atoms with van der Waals surface area (Å²) in [6.07, 6.45) is 0. The van der Waals surface area contributed by atoms with Gasteiger partial charge < -0.3 is 9.47 Å². The van der Waals surface area contributed by atoms with E-state index in [9.17, 15) is 20.0 Å². The van der Waals surface area contributed by atoms with Gasteiger partial charge in [-0.15, -0.1) is 0 Å². The van der Waals surface area contributed by atoms with Crippen molar-refractivity contribution in [3.8, 4) is 0 Å². The zero-order valence-electron chi connectivity index (χ0n) is 12.1. The largest absolute Gasteiger partial charge is 0.454 e. The van der Waals surface area contributed by atoms with Crippen LogP contribution in [0.5, 0.6) is 0 Å². The third-order valence-corrected chi connectivity index (χ3v) is 3.01. The average molecular weight is 308 g/mol. The zero-order valence-corrected chi connectivity index (χ0v) is 12.1. The number of carbonyl (C=O) groups is 2. The van der Waals surface area contributed by atoms with Gasteiger partial charge in [-0.25, -0.2) is 0 Å². The lowest BCUT2D eigenvalue weighted by molar-refractivity contribution is -0.929. The number of carbonyl (C=O) groups excluding carboxylic acids is 2. The van der Waals surface area contributed by atoms with Crippen LogP contribution in [0.3, 0.4) is 0 Å². The Kier molecular flexibility index (Phi) is 4.40. The molecular formula is C14H16N2O6+2. The lowest BCUT2D eigenvalue weighted by Crippen LogP contribution is -2.49. The monoisotopic (exact) mass is 308 g/mol. The summed E-state index contributed by atoms with van der Waals surface area (Å²) in [6.45, 7) is 1.88. The van der Waals surface area contributed by atoms with Crippen LogP contribution in [0.1, 0.15) is 25.2 Å². The number of hydrogen-bond donors (Lipinski definition) is 2. The van der Waals surface area contributed by atoms with Gasteiger partial charge in [0.1, 0.15) is 0 Å². The summed E-state index contributed by atoms with van der Waals surface area (Å²) >= 11 is 0. The Morgan fingerprint density at radius 3 is 1.59 bits per heavy atom. The molecule has 0 aliphatic heterocycles. The standard InChI is InChI=1S/C14H16N2O6/c1-9(17)21-7-13-14(8-22-10(2)18)16(20)12-6-4-3-5-11(12)15(13)19/h3-6,19-20H,7-8H2,1-2H3/q+2. The number of nitrogens with zero attached hydrogens (tertiary/aromatic N) is 2. The van der Waals surface area contributed by atoms with Crippen molar-refractivity contribution in [2.45, 2.75) is 27.1 Å². The van der Waals surface area contributed by atoms with Crippen LogP contribution in [0.15, 0.2) is 24.3 Å². The maximum atomic E-state index is 11.0. The molecule has 2 aromatic rings. The first-order valence-electron chi connectivity index (χ1n) is 6.47. The predicted octanol–water partition coefficient (Wildman–Crippen LogP) is 0.0156. The minimum Gasteiger partial charge on any atom is -0.454 e. The molecule has 0 saturated heterocycles. The second kappa shape index (κ2) is 6.25. The lowest BCUT2D eigenvalue weighted by atomic mass is 10.2. The second-order valence-electron chi connectivity index (χ2n) is 4.57. The number of esters is 2. The fourth-order valence-corrected chi connectivity index (χ4v) is 1.99. The van der Waals surface area contributed by atoms with Crippen molar-refractivity contribution in [2.24, 2.45) is 0 Å². The van der Waals surface area contributed by atoms with Crippen molar-refractivity contribution in [2.75, 3.05) is 0 Å². The summed E-state index contributed by atoms with van der Waals surface area (Å²) in [6, 6.07) is 6.51. The Balaban J connectivity index is 2.60.